The molecule has 0 aromatic heterocycles. The summed E-state index contributed by atoms with van der Waals surface area (Å²) >= 11 is 0. The summed E-state index contributed by atoms with van der Waals surface area (Å²) in [4.78, 5) is 0. The first-order valence-corrected chi connectivity index (χ1v) is 15.8. The largest absolute Gasteiger partial charge is 0.392 e. The van der Waals surface area contributed by atoms with Gasteiger partial charge in [-0.25, -0.2) is 0 Å². The van der Waals surface area contributed by atoms with E-state index in [-0.39, 0.29) is 12.2 Å². The summed E-state index contributed by atoms with van der Waals surface area (Å²) in [5.41, 5.74) is 0. The first-order chi connectivity index (χ1) is 13.9. The fourth-order valence-electron chi connectivity index (χ4n) is 4.31. The maximum Gasteiger partial charge on any atom is 0.335 e. The molecule has 0 radical (unpaired) electrons. The van der Waals surface area contributed by atoms with Crippen molar-refractivity contribution in [3.63, 3.8) is 0 Å². The van der Waals surface area contributed by atoms with E-state index in [1.54, 1.807) is 0 Å². The second-order valence-corrected chi connectivity index (χ2v) is 13.1. The minimum Gasteiger partial charge on any atom is -0.392 e. The minimum atomic E-state index is -1.98. The van der Waals surface area contributed by atoms with Gasteiger partial charge in [-0.2, -0.15) is 0 Å². The van der Waals surface area contributed by atoms with E-state index in [0.29, 0.717) is 0 Å². The molecular weight excluding hydrogens is 372 g/mol. The first-order valence-electron chi connectivity index (χ1n) is 13.2. The van der Waals surface area contributed by atoms with Gasteiger partial charge in [-0.15, -0.1) is 0 Å². The van der Waals surface area contributed by atoms with E-state index in [2.05, 4.69) is 41.2 Å². The highest BCUT2D eigenvalue weighted by Crippen LogP contribution is 2.22. The van der Waals surface area contributed by atoms with Gasteiger partial charge in [0.2, 0.25) is 0 Å². The molecule has 0 rings (SSSR count). The van der Waals surface area contributed by atoms with Crippen LogP contribution in [0.15, 0.2) is 0 Å². The van der Waals surface area contributed by atoms with Crippen molar-refractivity contribution in [2.75, 3.05) is 0 Å². The number of hydrogen-bond donors (Lipinski definition) is 0. The molecule has 0 aliphatic carbocycles. The van der Waals surface area contributed by atoms with Gasteiger partial charge >= 0.3 is 8.56 Å². The zero-order chi connectivity index (χ0) is 21.8. The summed E-state index contributed by atoms with van der Waals surface area (Å²) in [5.74, 6) is 0. The Kier molecular flexibility index (Phi) is 20.2. The third-order valence-electron chi connectivity index (χ3n) is 5.70. The summed E-state index contributed by atoms with van der Waals surface area (Å²) in [6.45, 7) is 13.1. The van der Waals surface area contributed by atoms with Gasteiger partial charge in [0.1, 0.15) is 0 Å². The maximum absolute atomic E-state index is 6.19. The molecule has 0 bridgehead atoms. The second-order valence-electron chi connectivity index (χ2n) is 9.87. The molecule has 0 amide bonds. The summed E-state index contributed by atoms with van der Waals surface area (Å²) in [6, 6.07) is 1.14. The van der Waals surface area contributed by atoms with Crippen LogP contribution in [0, 0.1) is 0 Å². The van der Waals surface area contributed by atoms with Crippen molar-refractivity contribution in [2.24, 2.45) is 0 Å². The first kappa shape index (κ1) is 29.1. The quantitative estimate of drug-likeness (QED) is 0.126. The van der Waals surface area contributed by atoms with Crippen LogP contribution >= 0.6 is 0 Å². The molecule has 0 saturated heterocycles. The number of rotatable bonds is 22. The lowest BCUT2D eigenvalue weighted by Crippen LogP contribution is -2.42. The Bertz CT molecular complexity index is 321. The molecule has 0 fully saturated rings. The fourth-order valence-corrected chi connectivity index (χ4v) is 7.49. The molecule has 3 heteroatoms. The summed E-state index contributed by atoms with van der Waals surface area (Å²) in [5, 5.41) is 0. The smallest absolute Gasteiger partial charge is 0.335 e. The van der Waals surface area contributed by atoms with Gasteiger partial charge in [0.15, 0.2) is 0 Å². The van der Waals surface area contributed by atoms with E-state index in [4.69, 9.17) is 8.85 Å². The molecular formula is C26H56O2Si. The van der Waals surface area contributed by atoms with Crippen molar-refractivity contribution in [3.8, 4) is 0 Å². The Morgan fingerprint density at radius 1 is 0.483 bits per heavy atom. The molecule has 0 spiro atoms. The Balaban J connectivity index is 3.42. The lowest BCUT2D eigenvalue weighted by Gasteiger charge is -2.31. The van der Waals surface area contributed by atoms with Crippen molar-refractivity contribution >= 4 is 8.56 Å². The van der Waals surface area contributed by atoms with Crippen molar-refractivity contribution in [1.29, 1.82) is 0 Å². The van der Waals surface area contributed by atoms with Crippen molar-refractivity contribution < 1.29 is 8.85 Å². The van der Waals surface area contributed by atoms with Crippen molar-refractivity contribution in [1.82, 2.24) is 0 Å². The molecule has 0 aliphatic heterocycles. The summed E-state index contributed by atoms with van der Waals surface area (Å²) in [6.07, 6.45) is 24.8. The Labute approximate surface area is 186 Å². The predicted octanol–water partition coefficient (Wildman–Crippen LogP) is 9.56. The molecule has 29 heavy (non-hydrogen) atoms. The molecule has 0 N–H and O–H groups in total. The van der Waals surface area contributed by atoms with Gasteiger partial charge in [0.05, 0.1) is 0 Å². The van der Waals surface area contributed by atoms with Crippen LogP contribution in [0.5, 0.6) is 0 Å². The van der Waals surface area contributed by atoms with Crippen LogP contribution in [-0.2, 0) is 8.85 Å². The molecule has 0 aromatic carbocycles. The van der Waals surface area contributed by atoms with Crippen LogP contribution in [0.4, 0.5) is 0 Å². The van der Waals surface area contributed by atoms with Crippen molar-refractivity contribution in [2.45, 2.75) is 169 Å². The maximum atomic E-state index is 6.19. The SMILES string of the molecule is CCCCCCCCCCCCCCCCCCC[Si](C)(OC(C)C)OC(C)C. The molecule has 0 aliphatic rings. The highest BCUT2D eigenvalue weighted by molar-refractivity contribution is 6.66. The van der Waals surface area contributed by atoms with Crippen molar-refractivity contribution in [3.05, 3.63) is 0 Å². The standard InChI is InChI=1S/C26H56O2Si/c1-7-8-9-10-11-12-13-14-15-16-17-18-19-20-21-22-23-24-29(6,27-25(2)3)28-26(4)5/h25-26H,7-24H2,1-6H3. The van der Waals surface area contributed by atoms with Gasteiger partial charge in [-0.05, 0) is 40.3 Å². The zero-order valence-electron chi connectivity index (χ0n) is 21.2. The lowest BCUT2D eigenvalue weighted by atomic mass is 10.0. The number of hydrogen-bond acceptors (Lipinski definition) is 2. The predicted molar refractivity (Wildman–Crippen MR) is 133 cm³/mol. The Morgan fingerprint density at radius 3 is 1.03 bits per heavy atom. The third-order valence-corrected chi connectivity index (χ3v) is 8.91. The monoisotopic (exact) mass is 428 g/mol. The van der Waals surface area contributed by atoms with E-state index >= 15 is 0 Å². The molecule has 0 heterocycles. The van der Waals surface area contributed by atoms with Gasteiger partial charge in [-0.1, -0.05) is 116 Å². The average Bonchev–Trinajstić information content (AvgIpc) is 2.63. The lowest BCUT2D eigenvalue weighted by molar-refractivity contribution is 0.109. The highest BCUT2D eigenvalue weighted by atomic mass is 28.4. The average molecular weight is 429 g/mol. The topological polar surface area (TPSA) is 18.5 Å². The third kappa shape index (κ3) is 21.2. The molecule has 0 saturated carbocycles. The second kappa shape index (κ2) is 20.1. The van der Waals surface area contributed by atoms with Gasteiger partial charge in [0, 0.05) is 12.2 Å². The Hall–Kier alpha value is 0.137. The summed E-state index contributed by atoms with van der Waals surface area (Å²) < 4.78 is 12.4. The van der Waals surface area contributed by atoms with Crippen LogP contribution in [-0.4, -0.2) is 20.8 Å². The summed E-state index contributed by atoms with van der Waals surface area (Å²) in [7, 11) is -1.98. The van der Waals surface area contributed by atoms with Crippen LogP contribution in [0.1, 0.15) is 144 Å². The van der Waals surface area contributed by atoms with E-state index in [0.717, 1.165) is 6.04 Å². The molecule has 0 unspecified atom stereocenters. The fraction of sp³-hybridized carbons (Fsp3) is 1.00. The molecule has 176 valence electrons. The van der Waals surface area contributed by atoms with Gasteiger partial charge in [-0.3, -0.25) is 0 Å². The number of unbranched alkanes of at least 4 members (excludes halogenated alkanes) is 16. The Morgan fingerprint density at radius 2 is 0.759 bits per heavy atom. The van der Waals surface area contributed by atoms with Crippen LogP contribution in [0.25, 0.3) is 0 Å². The van der Waals surface area contributed by atoms with E-state index in [1.165, 1.54) is 109 Å². The van der Waals surface area contributed by atoms with Crippen LogP contribution < -0.4 is 0 Å². The minimum absolute atomic E-state index is 0.274. The highest BCUT2D eigenvalue weighted by Gasteiger charge is 2.33. The van der Waals surface area contributed by atoms with E-state index in [1.807, 2.05) is 0 Å². The van der Waals surface area contributed by atoms with Crippen LogP contribution in [0.3, 0.4) is 0 Å². The van der Waals surface area contributed by atoms with E-state index < -0.39 is 8.56 Å². The normalized spacial score (nSPS) is 12.4. The zero-order valence-corrected chi connectivity index (χ0v) is 22.2. The molecule has 0 aromatic rings. The molecule has 2 nitrogen and oxygen atoms in total. The molecule has 0 atom stereocenters. The van der Waals surface area contributed by atoms with Crippen LogP contribution in [0.2, 0.25) is 12.6 Å². The van der Waals surface area contributed by atoms with Gasteiger partial charge in [0.25, 0.3) is 0 Å². The van der Waals surface area contributed by atoms with E-state index in [9.17, 15) is 0 Å². The van der Waals surface area contributed by atoms with Gasteiger partial charge < -0.3 is 8.85 Å².